The van der Waals surface area contributed by atoms with E-state index in [2.05, 4.69) is 17.9 Å². The molecule has 0 spiro atoms. The summed E-state index contributed by atoms with van der Waals surface area (Å²) in [5, 5.41) is 19.1. The van der Waals surface area contributed by atoms with Gasteiger partial charge in [-0.15, -0.1) is 0 Å². The lowest BCUT2D eigenvalue weighted by Gasteiger charge is -2.13. The summed E-state index contributed by atoms with van der Waals surface area (Å²) in [6.45, 7) is 1.27. The average molecular weight is 165 g/mol. The molecule has 0 aromatic rings. The number of carbonyl (C=O) groups is 1. The average Bonchev–Trinajstić information content (AvgIpc) is 1.81. The van der Waals surface area contributed by atoms with Gasteiger partial charge in [0.2, 0.25) is 0 Å². The molecule has 0 aromatic carbocycles. The van der Waals surface area contributed by atoms with Crippen LogP contribution in [0.15, 0.2) is 0 Å². The Balaban J connectivity index is 3.72. The van der Waals surface area contributed by atoms with Crippen LogP contribution in [-0.4, -0.2) is 34.2 Å². The van der Waals surface area contributed by atoms with Crippen LogP contribution in [0.25, 0.3) is 0 Å². The third kappa shape index (κ3) is 3.71. The maximum absolute atomic E-state index is 10.2. The Morgan fingerprint density at radius 1 is 1.80 bits per heavy atom. The fraction of sp³-hybridized carbons (Fsp3) is 0.800. The zero-order valence-corrected chi connectivity index (χ0v) is 6.51. The minimum atomic E-state index is -1.07. The van der Waals surface area contributed by atoms with E-state index in [4.69, 9.17) is 10.2 Å². The van der Waals surface area contributed by atoms with E-state index in [1.807, 2.05) is 0 Å². The monoisotopic (exact) mass is 165 g/mol. The Bertz CT molecular complexity index is 117. The topological polar surface area (TPSA) is 69.6 Å². The van der Waals surface area contributed by atoms with Gasteiger partial charge in [-0.05, 0) is 6.92 Å². The van der Waals surface area contributed by atoms with E-state index in [0.29, 0.717) is 0 Å². The predicted octanol–water partition coefficient (Wildman–Crippen LogP) is -0.703. The van der Waals surface area contributed by atoms with Crippen LogP contribution in [0.1, 0.15) is 6.92 Å². The summed E-state index contributed by atoms with van der Waals surface area (Å²) in [7, 11) is 0. The van der Waals surface area contributed by atoms with Crippen LogP contribution in [0.5, 0.6) is 0 Å². The number of thiol groups is 1. The van der Waals surface area contributed by atoms with Gasteiger partial charge in [0.25, 0.3) is 0 Å². The number of hydrogen-bond acceptors (Lipinski definition) is 4. The predicted molar refractivity (Wildman–Crippen MR) is 40.1 cm³/mol. The summed E-state index contributed by atoms with van der Waals surface area (Å²) in [5.74, 6) is -1.07. The first kappa shape index (κ1) is 9.74. The molecule has 0 heterocycles. The van der Waals surface area contributed by atoms with Crippen molar-refractivity contribution < 1.29 is 15.0 Å². The van der Waals surface area contributed by atoms with Gasteiger partial charge >= 0.3 is 5.97 Å². The Labute approximate surface area is 64.7 Å². The lowest BCUT2D eigenvalue weighted by atomic mass is 10.3. The summed E-state index contributed by atoms with van der Waals surface area (Å²) < 4.78 is 0. The number of aliphatic carboxylic acids is 1. The Kier molecular flexibility index (Phi) is 4.42. The molecule has 0 saturated carbocycles. The van der Waals surface area contributed by atoms with E-state index in [9.17, 15) is 4.79 Å². The summed E-state index contributed by atoms with van der Waals surface area (Å²) in [5.41, 5.74) is 0. The van der Waals surface area contributed by atoms with Gasteiger partial charge in [0, 0.05) is 5.37 Å². The van der Waals surface area contributed by atoms with Gasteiger partial charge in [-0.25, -0.2) is 0 Å². The van der Waals surface area contributed by atoms with E-state index in [-0.39, 0.29) is 5.37 Å². The van der Waals surface area contributed by atoms with Crippen LogP contribution in [0, 0.1) is 0 Å². The van der Waals surface area contributed by atoms with Crippen LogP contribution >= 0.6 is 12.6 Å². The fourth-order valence-corrected chi connectivity index (χ4v) is 0.673. The summed E-state index contributed by atoms with van der Waals surface area (Å²) >= 11 is 3.90. The highest BCUT2D eigenvalue weighted by atomic mass is 32.1. The van der Waals surface area contributed by atoms with Gasteiger partial charge < -0.3 is 10.2 Å². The second kappa shape index (κ2) is 4.54. The van der Waals surface area contributed by atoms with Gasteiger partial charge in [0.05, 0.1) is 6.61 Å². The number of hydrogen-bond donors (Lipinski definition) is 4. The number of carboxylic acids is 1. The van der Waals surface area contributed by atoms with E-state index in [0.717, 1.165) is 0 Å². The Hall–Kier alpha value is -0.260. The molecule has 0 aromatic heterocycles. The van der Waals surface area contributed by atoms with Crippen LogP contribution in [0.2, 0.25) is 0 Å². The van der Waals surface area contributed by atoms with Crippen molar-refractivity contribution in [3.8, 4) is 0 Å². The summed E-state index contributed by atoms with van der Waals surface area (Å²) in [6, 6.07) is -0.910. The highest BCUT2D eigenvalue weighted by Gasteiger charge is 2.15. The zero-order valence-electron chi connectivity index (χ0n) is 5.61. The van der Waals surface area contributed by atoms with Crippen molar-refractivity contribution in [3.63, 3.8) is 0 Å². The molecular weight excluding hydrogens is 154 g/mol. The van der Waals surface area contributed by atoms with E-state index in [1.165, 1.54) is 0 Å². The maximum atomic E-state index is 10.2. The van der Waals surface area contributed by atoms with Crippen LogP contribution in [0.3, 0.4) is 0 Å². The first-order valence-corrected chi connectivity index (χ1v) is 3.37. The molecule has 3 N–H and O–H groups in total. The normalized spacial score (nSPS) is 16.3. The molecule has 4 nitrogen and oxygen atoms in total. The zero-order chi connectivity index (χ0) is 8.15. The Morgan fingerprint density at radius 2 is 2.30 bits per heavy atom. The third-order valence-electron chi connectivity index (χ3n) is 0.923. The number of nitrogens with one attached hydrogen (secondary N) is 1. The van der Waals surface area contributed by atoms with E-state index >= 15 is 0 Å². The lowest BCUT2D eigenvalue weighted by Crippen LogP contribution is -2.42. The van der Waals surface area contributed by atoms with Crippen molar-refractivity contribution >= 4 is 18.6 Å². The SMILES string of the molecule is CC(S)NC(CO)C(=O)O. The number of rotatable bonds is 4. The molecule has 2 unspecified atom stereocenters. The lowest BCUT2D eigenvalue weighted by molar-refractivity contribution is -0.140. The van der Waals surface area contributed by atoms with Crippen molar-refractivity contribution in [2.24, 2.45) is 0 Å². The smallest absolute Gasteiger partial charge is 0.323 e. The molecule has 60 valence electrons. The fourth-order valence-electron chi connectivity index (χ4n) is 0.493. The molecular formula is C5H11NO3S. The molecule has 2 atom stereocenters. The molecule has 10 heavy (non-hydrogen) atoms. The number of aliphatic hydroxyl groups is 1. The van der Waals surface area contributed by atoms with Crippen molar-refractivity contribution in [1.29, 1.82) is 0 Å². The number of carboxylic acid groups (broad SMARTS) is 1. The van der Waals surface area contributed by atoms with Gasteiger partial charge in [0.1, 0.15) is 6.04 Å². The largest absolute Gasteiger partial charge is 0.480 e. The quantitative estimate of drug-likeness (QED) is 0.328. The van der Waals surface area contributed by atoms with Crippen molar-refractivity contribution in [3.05, 3.63) is 0 Å². The van der Waals surface area contributed by atoms with Crippen molar-refractivity contribution in [1.82, 2.24) is 5.32 Å². The first-order valence-electron chi connectivity index (χ1n) is 2.85. The molecule has 0 aliphatic rings. The molecule has 0 radical (unpaired) electrons. The molecule has 0 bridgehead atoms. The molecule has 5 heteroatoms. The van der Waals surface area contributed by atoms with Gasteiger partial charge in [-0.2, -0.15) is 12.6 Å². The second-order valence-electron chi connectivity index (χ2n) is 1.92. The first-order chi connectivity index (χ1) is 4.57. The standard InChI is InChI=1S/C5H11NO3S/c1-3(10)6-4(2-7)5(8)9/h3-4,6-7,10H,2H2,1H3,(H,8,9). The summed E-state index contributed by atoms with van der Waals surface area (Å²) in [6.07, 6.45) is 0. The highest BCUT2D eigenvalue weighted by Crippen LogP contribution is 1.90. The van der Waals surface area contributed by atoms with Gasteiger partial charge in [0.15, 0.2) is 0 Å². The van der Waals surface area contributed by atoms with Crippen LogP contribution < -0.4 is 5.32 Å². The molecule has 0 saturated heterocycles. The summed E-state index contributed by atoms with van der Waals surface area (Å²) in [4.78, 5) is 10.2. The minimum Gasteiger partial charge on any atom is -0.480 e. The third-order valence-corrected chi connectivity index (χ3v) is 1.07. The van der Waals surface area contributed by atoms with Gasteiger partial charge in [-0.1, -0.05) is 0 Å². The molecule has 0 rings (SSSR count). The minimum absolute atomic E-state index is 0.228. The van der Waals surface area contributed by atoms with Crippen molar-refractivity contribution in [2.75, 3.05) is 6.61 Å². The maximum Gasteiger partial charge on any atom is 0.323 e. The molecule has 0 aliphatic carbocycles. The number of aliphatic hydroxyl groups excluding tert-OH is 1. The van der Waals surface area contributed by atoms with E-state index in [1.54, 1.807) is 6.92 Å². The van der Waals surface area contributed by atoms with E-state index < -0.39 is 18.6 Å². The van der Waals surface area contributed by atoms with Crippen molar-refractivity contribution in [2.45, 2.75) is 18.3 Å². The van der Waals surface area contributed by atoms with Gasteiger partial charge in [-0.3, -0.25) is 10.1 Å². The van der Waals surface area contributed by atoms with Crippen LogP contribution in [-0.2, 0) is 4.79 Å². The van der Waals surface area contributed by atoms with Crippen LogP contribution in [0.4, 0.5) is 0 Å². The second-order valence-corrected chi connectivity index (χ2v) is 2.69. The molecule has 0 amide bonds. The highest BCUT2D eigenvalue weighted by molar-refractivity contribution is 7.80. The Morgan fingerprint density at radius 3 is 2.40 bits per heavy atom. The molecule has 0 aliphatic heterocycles. The molecule has 0 fully saturated rings.